The van der Waals surface area contributed by atoms with Crippen LogP contribution in [-0.2, 0) is 0 Å². The molecule has 1 aliphatic rings. The minimum Gasteiger partial charge on any atom is -0.497 e. The third kappa shape index (κ3) is 4.07. The van der Waals surface area contributed by atoms with Gasteiger partial charge in [-0.05, 0) is 55.5 Å². The predicted molar refractivity (Wildman–Crippen MR) is 120 cm³/mol. The number of fused-ring (bicyclic) bond motifs is 1. The van der Waals surface area contributed by atoms with Crippen LogP contribution in [0.5, 0.6) is 23.0 Å². The minimum atomic E-state index is -0.213. The fourth-order valence-corrected chi connectivity index (χ4v) is 3.45. The maximum Gasteiger partial charge on any atom is 0.231 e. The molecule has 1 aliphatic heterocycles. The number of rotatable bonds is 7. The molecule has 0 atom stereocenters. The number of carbonyl (C=O) groups excluding carboxylic acids is 2. The number of ether oxygens (including phenoxy) is 4. The Morgan fingerprint density at radius 1 is 0.938 bits per heavy atom. The summed E-state index contributed by atoms with van der Waals surface area (Å²) in [6.45, 7) is 1.66. The van der Waals surface area contributed by atoms with Gasteiger partial charge < -0.3 is 18.9 Å². The molecule has 0 unspecified atom stereocenters. The maximum atomic E-state index is 12.8. The Morgan fingerprint density at radius 3 is 2.41 bits per heavy atom. The van der Waals surface area contributed by atoms with Crippen LogP contribution in [0, 0.1) is 6.92 Å². The first-order valence-electron chi connectivity index (χ1n) is 10.0. The largest absolute Gasteiger partial charge is 0.497 e. The molecule has 32 heavy (non-hydrogen) atoms. The average Bonchev–Trinajstić information content (AvgIpc) is 3.15. The first-order valence-corrected chi connectivity index (χ1v) is 10.0. The second-order valence-corrected chi connectivity index (χ2v) is 7.19. The summed E-state index contributed by atoms with van der Waals surface area (Å²) in [6.07, 6.45) is 1.66. The molecule has 0 aromatic heterocycles. The number of methoxy groups -OCH3 is 2. The standard InChI is InChI=1S/C26H22O6/c1-16-22(31-15-21(27)17-8-10-19(29-2)11-9-17)13-12-20-25(28)24(32-26(16)20)14-18-6-4-5-7-23(18)30-3/h4-14H,15H2,1-3H3/b24-14-. The highest BCUT2D eigenvalue weighted by atomic mass is 16.5. The van der Waals surface area contributed by atoms with E-state index in [1.807, 2.05) is 24.3 Å². The van der Waals surface area contributed by atoms with Crippen molar-refractivity contribution in [3.05, 3.63) is 88.7 Å². The van der Waals surface area contributed by atoms with E-state index in [-0.39, 0.29) is 23.9 Å². The monoisotopic (exact) mass is 430 g/mol. The van der Waals surface area contributed by atoms with Crippen LogP contribution in [0.15, 0.2) is 66.4 Å². The Hall–Kier alpha value is -4.06. The maximum absolute atomic E-state index is 12.8. The zero-order valence-corrected chi connectivity index (χ0v) is 18.0. The molecule has 0 saturated carbocycles. The summed E-state index contributed by atoms with van der Waals surface area (Å²) < 4.78 is 22.1. The minimum absolute atomic E-state index is 0.135. The molecule has 0 radical (unpaired) electrons. The third-order valence-corrected chi connectivity index (χ3v) is 5.23. The highest BCUT2D eigenvalue weighted by Crippen LogP contribution is 2.39. The van der Waals surface area contributed by atoms with E-state index in [0.717, 1.165) is 5.56 Å². The first kappa shape index (κ1) is 21.2. The van der Waals surface area contributed by atoms with Crippen LogP contribution in [-0.4, -0.2) is 32.4 Å². The van der Waals surface area contributed by atoms with Crippen molar-refractivity contribution >= 4 is 17.6 Å². The fourth-order valence-electron chi connectivity index (χ4n) is 3.45. The molecular formula is C26H22O6. The molecule has 3 aromatic carbocycles. The van der Waals surface area contributed by atoms with Gasteiger partial charge in [0.05, 0.1) is 19.8 Å². The lowest BCUT2D eigenvalue weighted by atomic mass is 10.1. The topological polar surface area (TPSA) is 71.1 Å². The Kier molecular flexibility index (Phi) is 5.94. The molecule has 6 nitrogen and oxygen atoms in total. The van der Waals surface area contributed by atoms with Gasteiger partial charge in [0.25, 0.3) is 0 Å². The van der Waals surface area contributed by atoms with Crippen LogP contribution in [0.4, 0.5) is 0 Å². The van der Waals surface area contributed by atoms with Gasteiger partial charge in [-0.2, -0.15) is 0 Å². The van der Waals surface area contributed by atoms with Crippen LogP contribution in [0.25, 0.3) is 6.08 Å². The van der Waals surface area contributed by atoms with E-state index >= 15 is 0 Å². The molecular weight excluding hydrogens is 408 g/mol. The summed E-state index contributed by atoms with van der Waals surface area (Å²) >= 11 is 0. The molecule has 0 bridgehead atoms. The lowest BCUT2D eigenvalue weighted by Crippen LogP contribution is -2.12. The van der Waals surface area contributed by atoms with Crippen LogP contribution < -0.4 is 18.9 Å². The molecule has 0 amide bonds. The second kappa shape index (κ2) is 8.98. The lowest BCUT2D eigenvalue weighted by Gasteiger charge is -2.11. The van der Waals surface area contributed by atoms with Gasteiger partial charge in [-0.15, -0.1) is 0 Å². The molecule has 0 fully saturated rings. The van der Waals surface area contributed by atoms with Crippen LogP contribution >= 0.6 is 0 Å². The van der Waals surface area contributed by atoms with Gasteiger partial charge >= 0.3 is 0 Å². The summed E-state index contributed by atoms with van der Waals surface area (Å²) in [5, 5.41) is 0. The van der Waals surface area contributed by atoms with E-state index in [1.54, 1.807) is 63.6 Å². The zero-order valence-electron chi connectivity index (χ0n) is 18.0. The van der Waals surface area contributed by atoms with Gasteiger partial charge in [-0.25, -0.2) is 0 Å². The van der Waals surface area contributed by atoms with Crippen LogP contribution in [0.3, 0.4) is 0 Å². The third-order valence-electron chi connectivity index (χ3n) is 5.23. The number of ketones is 2. The van der Waals surface area contributed by atoms with Crippen molar-refractivity contribution < 1.29 is 28.5 Å². The Morgan fingerprint density at radius 2 is 1.69 bits per heavy atom. The number of allylic oxidation sites excluding steroid dienone is 1. The highest BCUT2D eigenvalue weighted by molar-refractivity contribution is 6.15. The van der Waals surface area contributed by atoms with Crippen molar-refractivity contribution in [1.29, 1.82) is 0 Å². The first-order chi connectivity index (χ1) is 15.5. The van der Waals surface area contributed by atoms with E-state index in [1.165, 1.54) is 0 Å². The number of hydrogen-bond donors (Lipinski definition) is 0. The lowest BCUT2D eigenvalue weighted by molar-refractivity contribution is 0.0920. The van der Waals surface area contributed by atoms with E-state index in [9.17, 15) is 9.59 Å². The van der Waals surface area contributed by atoms with E-state index in [2.05, 4.69) is 0 Å². The molecule has 4 rings (SSSR count). The number of para-hydroxylation sites is 1. The second-order valence-electron chi connectivity index (χ2n) is 7.19. The Bertz CT molecular complexity index is 1210. The summed E-state index contributed by atoms with van der Waals surface area (Å²) in [5.74, 6) is 2.07. The van der Waals surface area contributed by atoms with Crippen molar-refractivity contribution in [2.75, 3.05) is 20.8 Å². The molecule has 0 aliphatic carbocycles. The van der Waals surface area contributed by atoms with Crippen LogP contribution in [0.1, 0.15) is 31.8 Å². The van der Waals surface area contributed by atoms with Gasteiger partial charge in [0, 0.05) is 16.7 Å². The molecule has 162 valence electrons. The average molecular weight is 430 g/mol. The number of carbonyl (C=O) groups is 2. The SMILES string of the molecule is COc1ccc(C(=O)COc2ccc3c(c2C)O/C(=C\c2ccccc2OC)C3=O)cc1. The molecule has 6 heteroatoms. The van der Waals surface area contributed by atoms with Gasteiger partial charge in [-0.1, -0.05) is 18.2 Å². The number of hydrogen-bond acceptors (Lipinski definition) is 6. The van der Waals surface area contributed by atoms with Gasteiger partial charge in [0.15, 0.2) is 18.1 Å². The van der Waals surface area contributed by atoms with E-state index in [0.29, 0.717) is 39.7 Å². The van der Waals surface area contributed by atoms with Crippen molar-refractivity contribution in [2.24, 2.45) is 0 Å². The highest BCUT2D eigenvalue weighted by Gasteiger charge is 2.30. The summed E-state index contributed by atoms with van der Waals surface area (Å²) in [6, 6.07) is 17.5. The normalized spacial score (nSPS) is 13.5. The van der Waals surface area contributed by atoms with Crippen LogP contribution in [0.2, 0.25) is 0 Å². The molecule has 1 heterocycles. The van der Waals surface area contributed by atoms with Crippen molar-refractivity contribution in [3.63, 3.8) is 0 Å². The fraction of sp³-hybridized carbons (Fsp3) is 0.154. The van der Waals surface area contributed by atoms with Crippen molar-refractivity contribution in [2.45, 2.75) is 6.92 Å². The predicted octanol–water partition coefficient (Wildman–Crippen LogP) is 4.89. The van der Waals surface area contributed by atoms with Gasteiger partial charge in [-0.3, -0.25) is 9.59 Å². The summed E-state index contributed by atoms with van der Waals surface area (Å²) in [5.41, 5.74) is 2.38. The number of Topliss-reactive ketones (excluding diaryl/α,β-unsaturated/α-hetero) is 2. The quantitative estimate of drug-likeness (QED) is 0.393. The summed E-state index contributed by atoms with van der Waals surface area (Å²) in [7, 11) is 3.14. The molecule has 0 saturated heterocycles. The molecule has 0 spiro atoms. The van der Waals surface area contributed by atoms with Gasteiger partial charge in [0.2, 0.25) is 5.78 Å². The zero-order chi connectivity index (χ0) is 22.7. The van der Waals surface area contributed by atoms with Gasteiger partial charge in [0.1, 0.15) is 23.0 Å². The van der Waals surface area contributed by atoms with Crippen molar-refractivity contribution in [1.82, 2.24) is 0 Å². The smallest absolute Gasteiger partial charge is 0.231 e. The number of benzene rings is 3. The molecule has 0 N–H and O–H groups in total. The Labute approximate surface area is 186 Å². The summed E-state index contributed by atoms with van der Waals surface area (Å²) in [4.78, 5) is 25.3. The van der Waals surface area contributed by atoms with E-state index < -0.39 is 0 Å². The van der Waals surface area contributed by atoms with E-state index in [4.69, 9.17) is 18.9 Å². The Balaban J connectivity index is 1.52. The molecule has 3 aromatic rings. The van der Waals surface area contributed by atoms with Crippen molar-refractivity contribution in [3.8, 4) is 23.0 Å².